The number of hydrogen-bond donors (Lipinski definition) is 1. The van der Waals surface area contributed by atoms with Crippen LogP contribution in [-0.4, -0.2) is 42.0 Å². The van der Waals surface area contributed by atoms with Crippen molar-refractivity contribution in [2.24, 2.45) is 0 Å². The molecule has 0 spiro atoms. The van der Waals surface area contributed by atoms with Crippen LogP contribution in [0.2, 0.25) is 5.02 Å². The average Bonchev–Trinajstić information content (AvgIpc) is 2.64. The molecule has 0 atom stereocenters. The highest BCUT2D eigenvalue weighted by atomic mass is 35.5. The molecular weight excluding hydrogens is 344 g/mol. The Morgan fingerprint density at radius 2 is 1.88 bits per heavy atom. The first-order chi connectivity index (χ1) is 12.1. The number of anilines is 1. The van der Waals surface area contributed by atoms with Gasteiger partial charge in [-0.25, -0.2) is 4.68 Å². The minimum atomic E-state index is -0.307. The van der Waals surface area contributed by atoms with Gasteiger partial charge in [-0.15, -0.1) is 0 Å². The number of rotatable bonds is 5. The maximum Gasteiger partial charge on any atom is 0.267 e. The molecule has 0 bridgehead atoms. The van der Waals surface area contributed by atoms with Crippen molar-refractivity contribution in [2.45, 2.75) is 13.1 Å². The monoisotopic (exact) mass is 362 g/mol. The van der Waals surface area contributed by atoms with Crippen LogP contribution in [0.3, 0.4) is 0 Å². The predicted octanol–water partition coefficient (Wildman–Crippen LogP) is 1.05. The normalized spacial score (nSPS) is 14.4. The number of aromatic nitrogens is 2. The maximum absolute atomic E-state index is 12.1. The number of halogens is 1. The number of carbonyl (C=O) groups excluding carboxylic acids is 1. The van der Waals surface area contributed by atoms with Gasteiger partial charge in [0.15, 0.2) is 0 Å². The van der Waals surface area contributed by atoms with Gasteiger partial charge in [0.05, 0.1) is 13.2 Å². The van der Waals surface area contributed by atoms with E-state index in [1.165, 1.54) is 10.7 Å². The molecule has 0 radical (unpaired) electrons. The van der Waals surface area contributed by atoms with E-state index in [4.69, 9.17) is 16.3 Å². The Bertz CT molecular complexity index is 785. The summed E-state index contributed by atoms with van der Waals surface area (Å²) >= 11 is 5.83. The summed E-state index contributed by atoms with van der Waals surface area (Å²) in [7, 11) is 0. The van der Waals surface area contributed by atoms with Crippen LogP contribution in [0.1, 0.15) is 5.56 Å². The highest BCUT2D eigenvalue weighted by Gasteiger charge is 2.14. The smallest absolute Gasteiger partial charge is 0.267 e. The summed E-state index contributed by atoms with van der Waals surface area (Å²) in [6, 6.07) is 10.3. The van der Waals surface area contributed by atoms with E-state index in [0.29, 0.717) is 43.7 Å². The quantitative estimate of drug-likeness (QED) is 0.860. The van der Waals surface area contributed by atoms with Crippen molar-refractivity contribution in [3.8, 4) is 0 Å². The minimum absolute atomic E-state index is 0.120. The molecule has 3 rings (SSSR count). The molecule has 1 saturated heterocycles. The lowest BCUT2D eigenvalue weighted by Crippen LogP contribution is -2.39. The van der Waals surface area contributed by atoms with Crippen molar-refractivity contribution in [1.82, 2.24) is 15.1 Å². The first kappa shape index (κ1) is 17.4. The van der Waals surface area contributed by atoms with Gasteiger partial charge < -0.3 is 15.0 Å². The van der Waals surface area contributed by atoms with Gasteiger partial charge in [-0.3, -0.25) is 9.59 Å². The second-order valence-electron chi connectivity index (χ2n) is 5.69. The summed E-state index contributed by atoms with van der Waals surface area (Å²) in [4.78, 5) is 26.1. The summed E-state index contributed by atoms with van der Waals surface area (Å²) in [5, 5.41) is 7.72. The Kier molecular flexibility index (Phi) is 5.67. The number of nitrogens with one attached hydrogen (secondary N) is 1. The number of hydrogen-bond acceptors (Lipinski definition) is 5. The Labute approximate surface area is 150 Å². The fourth-order valence-corrected chi connectivity index (χ4v) is 2.63. The second-order valence-corrected chi connectivity index (χ2v) is 6.13. The molecule has 1 N–H and O–H groups in total. The summed E-state index contributed by atoms with van der Waals surface area (Å²) in [5.41, 5.74) is 0.624. The summed E-state index contributed by atoms with van der Waals surface area (Å²) < 4.78 is 6.49. The molecule has 1 amide bonds. The molecule has 0 saturated carbocycles. The fourth-order valence-electron chi connectivity index (χ4n) is 2.51. The number of morpholine rings is 1. The van der Waals surface area contributed by atoms with E-state index in [-0.39, 0.29) is 18.0 Å². The molecule has 1 aliphatic rings. The van der Waals surface area contributed by atoms with E-state index in [2.05, 4.69) is 10.4 Å². The first-order valence-corrected chi connectivity index (χ1v) is 8.41. The van der Waals surface area contributed by atoms with Gasteiger partial charge in [-0.2, -0.15) is 5.10 Å². The van der Waals surface area contributed by atoms with Crippen molar-refractivity contribution in [3.63, 3.8) is 0 Å². The van der Waals surface area contributed by atoms with Crippen molar-refractivity contribution in [3.05, 3.63) is 57.3 Å². The van der Waals surface area contributed by atoms with Crippen LogP contribution in [0.25, 0.3) is 0 Å². The Hall–Kier alpha value is -2.38. The van der Waals surface area contributed by atoms with E-state index < -0.39 is 0 Å². The maximum atomic E-state index is 12.1. The van der Waals surface area contributed by atoms with Crippen LogP contribution in [0.5, 0.6) is 0 Å². The average molecular weight is 363 g/mol. The number of carbonyl (C=O) groups is 1. The zero-order valence-corrected chi connectivity index (χ0v) is 14.4. The van der Waals surface area contributed by atoms with Crippen molar-refractivity contribution < 1.29 is 9.53 Å². The lowest BCUT2D eigenvalue weighted by molar-refractivity contribution is -0.122. The Balaban J connectivity index is 1.61. The fraction of sp³-hybridized carbons (Fsp3) is 0.353. The van der Waals surface area contributed by atoms with Gasteiger partial charge in [0.25, 0.3) is 5.56 Å². The highest BCUT2D eigenvalue weighted by molar-refractivity contribution is 6.30. The number of nitrogens with zero attached hydrogens (tertiary/aromatic N) is 3. The second kappa shape index (κ2) is 8.13. The van der Waals surface area contributed by atoms with Gasteiger partial charge in [0.1, 0.15) is 12.4 Å². The van der Waals surface area contributed by atoms with Crippen LogP contribution >= 0.6 is 11.6 Å². The minimum Gasteiger partial charge on any atom is -0.378 e. The predicted molar refractivity (Wildman–Crippen MR) is 94.8 cm³/mol. The molecule has 0 unspecified atom stereocenters. The topological polar surface area (TPSA) is 76.5 Å². The van der Waals surface area contributed by atoms with Gasteiger partial charge in [-0.05, 0) is 23.8 Å². The van der Waals surface area contributed by atoms with E-state index in [0.717, 1.165) is 5.56 Å². The highest BCUT2D eigenvalue weighted by Crippen LogP contribution is 2.10. The van der Waals surface area contributed by atoms with Gasteiger partial charge in [0, 0.05) is 30.7 Å². The van der Waals surface area contributed by atoms with Crippen LogP contribution in [0.4, 0.5) is 5.82 Å². The Morgan fingerprint density at radius 1 is 1.16 bits per heavy atom. The summed E-state index contributed by atoms with van der Waals surface area (Å²) in [6.07, 6.45) is 0. The summed E-state index contributed by atoms with van der Waals surface area (Å²) in [5.74, 6) is 0.400. The molecule has 7 nitrogen and oxygen atoms in total. The zero-order valence-electron chi connectivity index (χ0n) is 13.7. The molecule has 132 valence electrons. The van der Waals surface area contributed by atoms with Gasteiger partial charge in [0.2, 0.25) is 5.91 Å². The molecule has 8 heteroatoms. The van der Waals surface area contributed by atoms with E-state index >= 15 is 0 Å². The number of ether oxygens (including phenoxy) is 1. The largest absolute Gasteiger partial charge is 0.378 e. The molecule has 1 aromatic carbocycles. The third-order valence-electron chi connectivity index (χ3n) is 3.88. The number of benzene rings is 1. The molecule has 1 aromatic heterocycles. The molecule has 2 heterocycles. The standard InChI is InChI=1S/C17H19ClN4O3/c18-14-3-1-13(2-4-14)11-19-16(23)12-22-17(24)6-5-15(20-22)21-7-9-25-10-8-21/h1-6H,7-12H2,(H,19,23). The SMILES string of the molecule is O=C(Cn1nc(N2CCOCC2)ccc1=O)NCc1ccc(Cl)cc1. The molecular formula is C17H19ClN4O3. The van der Waals surface area contributed by atoms with E-state index in [9.17, 15) is 9.59 Å². The molecule has 1 fully saturated rings. The lowest BCUT2D eigenvalue weighted by Gasteiger charge is -2.27. The van der Waals surface area contributed by atoms with E-state index in [1.807, 2.05) is 17.0 Å². The van der Waals surface area contributed by atoms with E-state index in [1.54, 1.807) is 18.2 Å². The van der Waals surface area contributed by atoms with Gasteiger partial charge in [-0.1, -0.05) is 23.7 Å². The zero-order chi connectivity index (χ0) is 17.6. The third kappa shape index (κ3) is 4.80. The van der Waals surface area contributed by atoms with Crippen LogP contribution in [-0.2, 0) is 22.6 Å². The van der Waals surface area contributed by atoms with Crippen molar-refractivity contribution in [2.75, 3.05) is 31.2 Å². The lowest BCUT2D eigenvalue weighted by atomic mass is 10.2. The van der Waals surface area contributed by atoms with Crippen molar-refractivity contribution in [1.29, 1.82) is 0 Å². The molecule has 0 aliphatic carbocycles. The van der Waals surface area contributed by atoms with Crippen LogP contribution in [0, 0.1) is 0 Å². The third-order valence-corrected chi connectivity index (χ3v) is 4.14. The molecule has 2 aromatic rings. The van der Waals surface area contributed by atoms with Crippen molar-refractivity contribution >= 4 is 23.3 Å². The van der Waals surface area contributed by atoms with Crippen LogP contribution < -0.4 is 15.8 Å². The van der Waals surface area contributed by atoms with Crippen LogP contribution in [0.15, 0.2) is 41.2 Å². The molecule has 1 aliphatic heterocycles. The Morgan fingerprint density at radius 3 is 2.60 bits per heavy atom. The molecule has 25 heavy (non-hydrogen) atoms. The first-order valence-electron chi connectivity index (χ1n) is 8.04. The number of amides is 1. The van der Waals surface area contributed by atoms with Gasteiger partial charge >= 0.3 is 0 Å². The summed E-state index contributed by atoms with van der Waals surface area (Å²) in [6.45, 7) is 2.94.